The van der Waals surface area contributed by atoms with Crippen molar-refractivity contribution in [2.45, 2.75) is 51.0 Å². The van der Waals surface area contributed by atoms with Gasteiger partial charge in [0.05, 0.1) is 22.1 Å². The van der Waals surface area contributed by atoms with Crippen LogP contribution in [0.1, 0.15) is 56.4 Å². The predicted octanol–water partition coefficient (Wildman–Crippen LogP) is 5.15. The van der Waals surface area contributed by atoms with Crippen molar-refractivity contribution in [3.63, 3.8) is 0 Å². The van der Waals surface area contributed by atoms with E-state index >= 15 is 0 Å². The minimum Gasteiger partial charge on any atom is -0.307 e. The summed E-state index contributed by atoms with van der Waals surface area (Å²) in [6.07, 6.45) is 4.99. The molecule has 1 N–H and O–H groups in total. The van der Waals surface area contributed by atoms with Gasteiger partial charge in [-0.2, -0.15) is 5.10 Å². The Balaban J connectivity index is 1.74. The Labute approximate surface area is 169 Å². The first-order chi connectivity index (χ1) is 13.4. The summed E-state index contributed by atoms with van der Waals surface area (Å²) >= 11 is 1.46. The number of nitro groups is 1. The van der Waals surface area contributed by atoms with Crippen LogP contribution in [0.4, 0.5) is 11.5 Å². The molecule has 0 unspecified atom stereocenters. The van der Waals surface area contributed by atoms with Crippen LogP contribution in [0.25, 0.3) is 0 Å². The number of rotatable bonds is 9. The molecule has 28 heavy (non-hydrogen) atoms. The smallest absolute Gasteiger partial charge is 0.283 e. The average molecular weight is 403 g/mol. The number of thioether (sulfide) groups is 1. The lowest BCUT2D eigenvalue weighted by atomic mass is 10.2. The summed E-state index contributed by atoms with van der Waals surface area (Å²) in [6.45, 7) is 6.34. The Bertz CT molecular complexity index is 861. The van der Waals surface area contributed by atoms with Crippen LogP contribution in [0.2, 0.25) is 0 Å². The van der Waals surface area contributed by atoms with Gasteiger partial charge in [0.25, 0.3) is 11.6 Å². The summed E-state index contributed by atoms with van der Waals surface area (Å²) in [5, 5.41) is 18.7. The van der Waals surface area contributed by atoms with E-state index in [1.807, 2.05) is 4.68 Å². The second-order valence-corrected chi connectivity index (χ2v) is 8.80. The number of carbonyl (C=O) groups excluding carboxylic acids is 1. The number of nitrogens with zero attached hydrogens (tertiary/aromatic N) is 3. The quantitative estimate of drug-likeness (QED) is 0.356. The molecule has 0 radical (unpaired) electrons. The zero-order chi connectivity index (χ0) is 20.3. The highest BCUT2D eigenvalue weighted by Crippen LogP contribution is 2.40. The number of nitrogens with one attached hydrogen (secondary N) is 1. The molecule has 1 amide bonds. The van der Waals surface area contributed by atoms with Crippen molar-refractivity contribution in [3.8, 4) is 0 Å². The van der Waals surface area contributed by atoms with Gasteiger partial charge in [-0.15, -0.1) is 11.8 Å². The molecular formula is C20H26N4O3S. The van der Waals surface area contributed by atoms with Gasteiger partial charge in [0.2, 0.25) is 0 Å². The molecule has 1 heterocycles. The maximum Gasteiger partial charge on any atom is 0.283 e. The Morgan fingerprint density at radius 2 is 2.11 bits per heavy atom. The molecule has 1 fully saturated rings. The fraction of sp³-hybridized carbons (Fsp3) is 0.500. The summed E-state index contributed by atoms with van der Waals surface area (Å²) in [7, 11) is 0. The lowest BCUT2D eigenvalue weighted by Crippen LogP contribution is -2.18. The van der Waals surface area contributed by atoms with E-state index in [9.17, 15) is 14.9 Å². The molecule has 1 atom stereocenters. The van der Waals surface area contributed by atoms with Crippen molar-refractivity contribution in [2.24, 2.45) is 11.8 Å². The molecular weight excluding hydrogens is 376 g/mol. The van der Waals surface area contributed by atoms with Gasteiger partial charge in [0.15, 0.2) is 0 Å². The molecule has 1 saturated carbocycles. The van der Waals surface area contributed by atoms with E-state index in [1.54, 1.807) is 24.4 Å². The predicted molar refractivity (Wildman–Crippen MR) is 111 cm³/mol. The third-order valence-electron chi connectivity index (χ3n) is 4.97. The molecule has 1 aliphatic rings. The van der Waals surface area contributed by atoms with Crippen LogP contribution in [-0.4, -0.2) is 26.4 Å². The Morgan fingerprint density at radius 1 is 1.36 bits per heavy atom. The minimum atomic E-state index is -0.423. The number of hydrogen-bond donors (Lipinski definition) is 1. The SMILES string of the molecule is CC(C)CCSc1ccc(C(=O)Nc2ccnn2[C@@H](C)C2CC2)cc1[N+](=O)[O-]. The van der Waals surface area contributed by atoms with Crippen LogP contribution in [0.3, 0.4) is 0 Å². The van der Waals surface area contributed by atoms with Crippen molar-refractivity contribution in [1.82, 2.24) is 9.78 Å². The van der Waals surface area contributed by atoms with Gasteiger partial charge >= 0.3 is 0 Å². The van der Waals surface area contributed by atoms with Gasteiger partial charge in [0, 0.05) is 17.7 Å². The van der Waals surface area contributed by atoms with Crippen LogP contribution in [0, 0.1) is 22.0 Å². The fourth-order valence-corrected chi connectivity index (χ4v) is 4.29. The van der Waals surface area contributed by atoms with Crippen LogP contribution < -0.4 is 5.32 Å². The number of benzene rings is 1. The third kappa shape index (κ3) is 4.92. The van der Waals surface area contributed by atoms with E-state index in [0.717, 1.165) is 12.2 Å². The van der Waals surface area contributed by atoms with E-state index in [-0.39, 0.29) is 23.2 Å². The van der Waals surface area contributed by atoms with Crippen molar-refractivity contribution in [3.05, 3.63) is 46.1 Å². The second kappa shape index (κ2) is 8.77. The summed E-state index contributed by atoms with van der Waals surface area (Å²) in [4.78, 5) is 24.3. The normalized spacial score (nSPS) is 14.9. The summed E-state index contributed by atoms with van der Waals surface area (Å²) in [5.74, 6) is 2.19. The van der Waals surface area contributed by atoms with Crippen molar-refractivity contribution < 1.29 is 9.72 Å². The lowest BCUT2D eigenvalue weighted by Gasteiger charge is -2.15. The molecule has 7 nitrogen and oxygen atoms in total. The van der Waals surface area contributed by atoms with Crippen molar-refractivity contribution >= 4 is 29.2 Å². The lowest BCUT2D eigenvalue weighted by molar-refractivity contribution is -0.387. The molecule has 0 aliphatic heterocycles. The second-order valence-electron chi connectivity index (χ2n) is 7.66. The van der Waals surface area contributed by atoms with Crippen LogP contribution in [-0.2, 0) is 0 Å². The van der Waals surface area contributed by atoms with E-state index in [2.05, 4.69) is 31.2 Å². The van der Waals surface area contributed by atoms with Gasteiger partial charge in [-0.05, 0) is 55.9 Å². The Hall–Kier alpha value is -2.35. The van der Waals surface area contributed by atoms with Crippen LogP contribution in [0.5, 0.6) is 0 Å². The number of amides is 1. The largest absolute Gasteiger partial charge is 0.307 e. The monoisotopic (exact) mass is 402 g/mol. The maximum absolute atomic E-state index is 12.7. The van der Waals surface area contributed by atoms with Gasteiger partial charge in [-0.1, -0.05) is 13.8 Å². The molecule has 0 saturated heterocycles. The number of nitro benzene ring substituents is 1. The topological polar surface area (TPSA) is 90.1 Å². The zero-order valence-electron chi connectivity index (χ0n) is 16.4. The summed E-state index contributed by atoms with van der Waals surface area (Å²) in [6, 6.07) is 6.64. The van der Waals surface area contributed by atoms with E-state index < -0.39 is 4.92 Å². The Morgan fingerprint density at radius 3 is 2.75 bits per heavy atom. The number of aromatic nitrogens is 2. The fourth-order valence-electron chi connectivity index (χ4n) is 3.03. The highest BCUT2D eigenvalue weighted by atomic mass is 32.2. The summed E-state index contributed by atoms with van der Waals surface area (Å²) in [5.41, 5.74) is 0.244. The van der Waals surface area contributed by atoms with E-state index in [1.165, 1.54) is 30.7 Å². The molecule has 1 aliphatic carbocycles. The molecule has 2 aromatic rings. The molecule has 1 aromatic carbocycles. The number of anilines is 1. The van der Waals surface area contributed by atoms with Crippen LogP contribution in [0.15, 0.2) is 35.4 Å². The molecule has 0 bridgehead atoms. The molecule has 150 valence electrons. The van der Waals surface area contributed by atoms with Gasteiger partial charge in [-0.3, -0.25) is 14.9 Å². The average Bonchev–Trinajstić information content (AvgIpc) is 3.40. The number of carbonyl (C=O) groups is 1. The molecule has 1 aromatic heterocycles. The third-order valence-corrected chi connectivity index (χ3v) is 6.07. The molecule has 0 spiro atoms. The maximum atomic E-state index is 12.7. The van der Waals surface area contributed by atoms with Crippen molar-refractivity contribution in [1.29, 1.82) is 0 Å². The molecule has 8 heteroatoms. The molecule has 3 rings (SSSR count). The van der Waals surface area contributed by atoms with E-state index in [0.29, 0.717) is 22.5 Å². The van der Waals surface area contributed by atoms with E-state index in [4.69, 9.17) is 0 Å². The minimum absolute atomic E-state index is 0.0266. The first kappa shape index (κ1) is 20.4. The highest BCUT2D eigenvalue weighted by Gasteiger charge is 2.31. The van der Waals surface area contributed by atoms with Crippen LogP contribution >= 0.6 is 11.8 Å². The zero-order valence-corrected chi connectivity index (χ0v) is 17.2. The van der Waals surface area contributed by atoms with Gasteiger partial charge in [-0.25, -0.2) is 4.68 Å². The van der Waals surface area contributed by atoms with Gasteiger partial charge in [0.1, 0.15) is 5.82 Å². The van der Waals surface area contributed by atoms with Gasteiger partial charge < -0.3 is 5.32 Å². The highest BCUT2D eigenvalue weighted by molar-refractivity contribution is 7.99. The Kier molecular flexibility index (Phi) is 6.39. The summed E-state index contributed by atoms with van der Waals surface area (Å²) < 4.78 is 1.82. The first-order valence-corrected chi connectivity index (χ1v) is 10.6. The first-order valence-electron chi connectivity index (χ1n) is 9.63. The number of hydrogen-bond acceptors (Lipinski definition) is 5. The standard InChI is InChI=1S/C20H26N4O3S/c1-13(2)9-11-28-18-7-6-16(12-17(18)24(26)27)20(25)22-19-8-10-21-23(19)14(3)15-4-5-15/h6-8,10,12-15H,4-5,9,11H2,1-3H3,(H,22,25)/t14-/m0/s1. The van der Waals surface area contributed by atoms with Crippen molar-refractivity contribution in [2.75, 3.05) is 11.1 Å².